The van der Waals surface area contributed by atoms with Crippen LogP contribution < -0.4 is 5.32 Å². The number of carboxylic acid groups (broad SMARTS) is 1. The maximum absolute atomic E-state index is 11.1. The van der Waals surface area contributed by atoms with Crippen molar-refractivity contribution in [2.45, 2.75) is 44.7 Å². The molecular formula is C12H17NO2S. The highest BCUT2D eigenvalue weighted by atomic mass is 32.1. The highest BCUT2D eigenvalue weighted by Gasteiger charge is 2.43. The molecule has 0 radical (unpaired) electrons. The fraction of sp³-hybridized carbons (Fsp3) is 0.583. The van der Waals surface area contributed by atoms with Crippen LogP contribution in [0.15, 0.2) is 12.1 Å². The van der Waals surface area contributed by atoms with Crippen molar-refractivity contribution in [3.05, 3.63) is 21.9 Å². The van der Waals surface area contributed by atoms with Crippen molar-refractivity contribution >= 4 is 17.3 Å². The first-order valence-electron chi connectivity index (χ1n) is 5.72. The first kappa shape index (κ1) is 11.6. The quantitative estimate of drug-likeness (QED) is 0.829. The van der Waals surface area contributed by atoms with E-state index >= 15 is 0 Å². The number of hydrogen-bond donors (Lipinski definition) is 2. The maximum Gasteiger partial charge on any atom is 0.323 e. The Balaban J connectivity index is 1.93. The lowest BCUT2D eigenvalue weighted by atomic mass is 9.77. The predicted octanol–water partition coefficient (Wildman–Crippen LogP) is 2.41. The van der Waals surface area contributed by atoms with Gasteiger partial charge in [0.05, 0.1) is 0 Å². The third-order valence-electron chi connectivity index (χ3n) is 3.28. The zero-order valence-electron chi connectivity index (χ0n) is 9.45. The van der Waals surface area contributed by atoms with Crippen LogP contribution in [0.4, 0.5) is 0 Å². The lowest BCUT2D eigenvalue weighted by molar-refractivity contribution is -0.148. The Kier molecular flexibility index (Phi) is 3.30. The molecule has 4 heteroatoms. The van der Waals surface area contributed by atoms with Crippen molar-refractivity contribution in [1.29, 1.82) is 0 Å². The summed E-state index contributed by atoms with van der Waals surface area (Å²) in [7, 11) is 0. The smallest absolute Gasteiger partial charge is 0.323 e. The Labute approximate surface area is 99.5 Å². The molecule has 2 N–H and O–H groups in total. The summed E-state index contributed by atoms with van der Waals surface area (Å²) in [4.78, 5) is 13.7. The molecule has 1 aromatic rings. The van der Waals surface area contributed by atoms with Crippen molar-refractivity contribution in [3.8, 4) is 0 Å². The molecule has 0 aromatic carbocycles. The molecule has 0 bridgehead atoms. The Morgan fingerprint density at radius 3 is 2.62 bits per heavy atom. The van der Waals surface area contributed by atoms with Crippen molar-refractivity contribution in [3.63, 3.8) is 0 Å². The summed E-state index contributed by atoms with van der Waals surface area (Å²) in [5.74, 6) is -0.703. The summed E-state index contributed by atoms with van der Waals surface area (Å²) >= 11 is 1.76. The van der Waals surface area contributed by atoms with Gasteiger partial charge >= 0.3 is 5.97 Å². The second-order valence-electron chi connectivity index (χ2n) is 4.32. The van der Waals surface area contributed by atoms with E-state index in [9.17, 15) is 4.79 Å². The molecule has 1 fully saturated rings. The van der Waals surface area contributed by atoms with Gasteiger partial charge in [-0.25, -0.2) is 0 Å². The number of carboxylic acids is 1. The van der Waals surface area contributed by atoms with Crippen LogP contribution in [-0.2, 0) is 17.8 Å². The van der Waals surface area contributed by atoms with Crippen LogP contribution >= 0.6 is 11.3 Å². The molecule has 0 spiro atoms. The summed E-state index contributed by atoms with van der Waals surface area (Å²) in [6.45, 7) is 2.81. The predicted molar refractivity (Wildman–Crippen MR) is 64.8 cm³/mol. The number of aryl methyl sites for hydroxylation is 1. The van der Waals surface area contributed by atoms with E-state index in [2.05, 4.69) is 24.4 Å². The molecule has 1 aliphatic carbocycles. The van der Waals surface area contributed by atoms with Gasteiger partial charge < -0.3 is 5.11 Å². The molecule has 3 nitrogen and oxygen atoms in total. The summed E-state index contributed by atoms with van der Waals surface area (Å²) in [6.07, 6.45) is 3.58. The van der Waals surface area contributed by atoms with Gasteiger partial charge in [0.15, 0.2) is 0 Å². The molecule has 1 aromatic heterocycles. The number of carbonyl (C=O) groups is 1. The molecule has 1 saturated carbocycles. The fourth-order valence-corrected chi connectivity index (χ4v) is 2.86. The van der Waals surface area contributed by atoms with Gasteiger partial charge in [-0.1, -0.05) is 6.92 Å². The lowest BCUT2D eigenvalue weighted by Crippen LogP contribution is -2.56. The molecule has 1 aliphatic rings. The average molecular weight is 239 g/mol. The van der Waals surface area contributed by atoms with Gasteiger partial charge in [0.25, 0.3) is 0 Å². The first-order valence-corrected chi connectivity index (χ1v) is 6.54. The first-order chi connectivity index (χ1) is 7.66. The molecule has 88 valence electrons. The second-order valence-corrected chi connectivity index (χ2v) is 5.57. The normalized spacial score (nSPS) is 18.1. The fourth-order valence-electron chi connectivity index (χ4n) is 1.96. The van der Waals surface area contributed by atoms with Crippen LogP contribution in [-0.4, -0.2) is 16.6 Å². The highest BCUT2D eigenvalue weighted by Crippen LogP contribution is 2.32. The molecule has 2 rings (SSSR count). The van der Waals surface area contributed by atoms with E-state index in [-0.39, 0.29) is 0 Å². The zero-order valence-corrected chi connectivity index (χ0v) is 10.3. The minimum atomic E-state index is -0.703. The molecule has 0 amide bonds. The van der Waals surface area contributed by atoms with Gasteiger partial charge in [-0.2, -0.15) is 0 Å². The zero-order chi connectivity index (χ0) is 11.6. The summed E-state index contributed by atoms with van der Waals surface area (Å²) in [6, 6.07) is 4.21. The van der Waals surface area contributed by atoms with E-state index in [0.717, 1.165) is 25.7 Å². The van der Waals surface area contributed by atoms with Crippen molar-refractivity contribution in [1.82, 2.24) is 5.32 Å². The van der Waals surface area contributed by atoms with E-state index in [1.54, 1.807) is 11.3 Å². The number of hydrogen-bond acceptors (Lipinski definition) is 3. The minimum Gasteiger partial charge on any atom is -0.480 e. The third kappa shape index (κ3) is 2.13. The van der Waals surface area contributed by atoms with Gasteiger partial charge in [0, 0.05) is 16.3 Å². The molecule has 16 heavy (non-hydrogen) atoms. The van der Waals surface area contributed by atoms with E-state index in [4.69, 9.17) is 5.11 Å². The van der Waals surface area contributed by atoms with Crippen LogP contribution in [0.3, 0.4) is 0 Å². The van der Waals surface area contributed by atoms with E-state index in [1.165, 1.54) is 9.75 Å². The SMILES string of the molecule is CCc1ccc(CNC2(C(=O)O)CCC2)s1. The van der Waals surface area contributed by atoms with Gasteiger partial charge in [0.1, 0.15) is 5.54 Å². The number of aliphatic carboxylic acids is 1. The monoisotopic (exact) mass is 239 g/mol. The number of nitrogens with one attached hydrogen (secondary N) is 1. The molecule has 0 atom stereocenters. The van der Waals surface area contributed by atoms with Crippen LogP contribution in [0, 0.1) is 0 Å². The lowest BCUT2D eigenvalue weighted by Gasteiger charge is -2.38. The van der Waals surface area contributed by atoms with Gasteiger partial charge in [-0.3, -0.25) is 10.1 Å². The molecular weight excluding hydrogens is 222 g/mol. The van der Waals surface area contributed by atoms with Crippen LogP contribution in [0.1, 0.15) is 35.9 Å². The van der Waals surface area contributed by atoms with Gasteiger partial charge in [-0.15, -0.1) is 11.3 Å². The van der Waals surface area contributed by atoms with Crippen LogP contribution in [0.25, 0.3) is 0 Å². The third-order valence-corrected chi connectivity index (χ3v) is 4.51. The topological polar surface area (TPSA) is 49.3 Å². The Morgan fingerprint density at radius 1 is 1.50 bits per heavy atom. The highest BCUT2D eigenvalue weighted by molar-refractivity contribution is 7.11. The van der Waals surface area contributed by atoms with Gasteiger partial charge in [0.2, 0.25) is 0 Å². The van der Waals surface area contributed by atoms with Crippen LogP contribution in [0.5, 0.6) is 0 Å². The average Bonchev–Trinajstić information content (AvgIpc) is 2.63. The van der Waals surface area contributed by atoms with Crippen molar-refractivity contribution in [2.75, 3.05) is 0 Å². The Hall–Kier alpha value is -0.870. The van der Waals surface area contributed by atoms with E-state index < -0.39 is 11.5 Å². The number of rotatable bonds is 5. The summed E-state index contributed by atoms with van der Waals surface area (Å²) in [5.41, 5.74) is -0.642. The number of thiophene rings is 1. The second kappa shape index (κ2) is 4.55. The Morgan fingerprint density at radius 2 is 2.19 bits per heavy atom. The van der Waals surface area contributed by atoms with Gasteiger partial charge in [-0.05, 0) is 37.8 Å². The molecule has 0 saturated heterocycles. The minimum absolute atomic E-state index is 0.642. The Bertz CT molecular complexity index is 382. The molecule has 1 heterocycles. The van der Waals surface area contributed by atoms with E-state index in [1.807, 2.05) is 0 Å². The van der Waals surface area contributed by atoms with E-state index in [0.29, 0.717) is 6.54 Å². The molecule has 0 unspecified atom stereocenters. The molecule has 0 aliphatic heterocycles. The van der Waals surface area contributed by atoms with Crippen LogP contribution in [0.2, 0.25) is 0 Å². The summed E-state index contributed by atoms with van der Waals surface area (Å²) < 4.78 is 0. The largest absolute Gasteiger partial charge is 0.480 e. The standard InChI is InChI=1S/C12H17NO2S/c1-2-9-4-5-10(16-9)8-13-12(11(14)15)6-3-7-12/h4-5,13H,2-3,6-8H2,1H3,(H,14,15). The van der Waals surface area contributed by atoms with Crippen molar-refractivity contribution in [2.24, 2.45) is 0 Å². The van der Waals surface area contributed by atoms with Crippen molar-refractivity contribution < 1.29 is 9.90 Å². The maximum atomic E-state index is 11.1. The summed E-state index contributed by atoms with van der Waals surface area (Å²) in [5, 5.41) is 12.4.